The van der Waals surface area contributed by atoms with Gasteiger partial charge < -0.3 is 14.2 Å². The summed E-state index contributed by atoms with van der Waals surface area (Å²) in [6, 6.07) is 8.79. The second-order valence-corrected chi connectivity index (χ2v) is 9.97. The van der Waals surface area contributed by atoms with E-state index in [2.05, 4.69) is 21.0 Å². The molecule has 1 atom stereocenters. The van der Waals surface area contributed by atoms with Crippen LogP contribution in [0.1, 0.15) is 56.3 Å². The maximum absolute atomic E-state index is 13.5. The van der Waals surface area contributed by atoms with Crippen LogP contribution in [0.4, 0.5) is 0 Å². The normalized spacial score (nSPS) is 15.2. The molecule has 0 amide bonds. The standard InChI is InChI=1S/C26H27BrClN3O5/c1-15(26(33)35-3)36-23-20(28)11-16(12-22(23)34-2)14-29-31-24(17-7-5-4-6-8-17)30-21-10-9-18(27)13-19(21)25(31)32/h9-15,17H,4-8H2,1-3H3/t15-/m1/s1. The van der Waals surface area contributed by atoms with Gasteiger partial charge in [-0.1, -0.05) is 46.8 Å². The van der Waals surface area contributed by atoms with E-state index in [-0.39, 0.29) is 22.2 Å². The highest BCUT2D eigenvalue weighted by molar-refractivity contribution is 9.10. The van der Waals surface area contributed by atoms with Gasteiger partial charge in [0, 0.05) is 10.4 Å². The van der Waals surface area contributed by atoms with Crippen molar-refractivity contribution in [1.82, 2.24) is 9.66 Å². The van der Waals surface area contributed by atoms with Gasteiger partial charge >= 0.3 is 5.97 Å². The third-order valence-electron chi connectivity index (χ3n) is 6.21. The Labute approximate surface area is 222 Å². The number of ether oxygens (including phenoxy) is 3. The van der Waals surface area contributed by atoms with E-state index >= 15 is 0 Å². The van der Waals surface area contributed by atoms with Crippen molar-refractivity contribution in [3.8, 4) is 11.5 Å². The van der Waals surface area contributed by atoms with Crippen LogP contribution in [-0.4, -0.2) is 42.2 Å². The highest BCUT2D eigenvalue weighted by Crippen LogP contribution is 2.37. The van der Waals surface area contributed by atoms with Gasteiger partial charge in [0.15, 0.2) is 17.6 Å². The Balaban J connectivity index is 1.76. The number of nitrogens with zero attached hydrogens (tertiary/aromatic N) is 3. The van der Waals surface area contributed by atoms with Crippen LogP contribution >= 0.6 is 27.5 Å². The molecule has 190 valence electrons. The second kappa shape index (κ2) is 11.4. The van der Waals surface area contributed by atoms with Gasteiger partial charge in [-0.25, -0.2) is 9.78 Å². The van der Waals surface area contributed by atoms with Gasteiger partial charge in [-0.05, 0) is 55.7 Å². The molecule has 1 fully saturated rings. The van der Waals surface area contributed by atoms with Crippen LogP contribution in [-0.2, 0) is 9.53 Å². The van der Waals surface area contributed by atoms with Crippen LogP contribution in [0.5, 0.6) is 11.5 Å². The summed E-state index contributed by atoms with van der Waals surface area (Å²) in [5, 5.41) is 5.26. The minimum absolute atomic E-state index is 0.158. The van der Waals surface area contributed by atoms with Crippen LogP contribution in [0, 0.1) is 0 Å². The van der Waals surface area contributed by atoms with E-state index in [1.54, 1.807) is 31.3 Å². The Bertz CT molecular complexity index is 1370. The van der Waals surface area contributed by atoms with Crippen molar-refractivity contribution in [3.63, 3.8) is 0 Å². The molecule has 1 heterocycles. The number of fused-ring (bicyclic) bond motifs is 1. The lowest BCUT2D eigenvalue weighted by atomic mass is 9.88. The Morgan fingerprint density at radius 1 is 1.22 bits per heavy atom. The lowest BCUT2D eigenvalue weighted by Crippen LogP contribution is -2.25. The Morgan fingerprint density at radius 3 is 2.67 bits per heavy atom. The molecule has 0 saturated heterocycles. The van der Waals surface area contributed by atoms with Crippen molar-refractivity contribution < 1.29 is 19.0 Å². The summed E-state index contributed by atoms with van der Waals surface area (Å²) in [4.78, 5) is 30.1. The van der Waals surface area contributed by atoms with Gasteiger partial charge in [-0.2, -0.15) is 9.78 Å². The van der Waals surface area contributed by atoms with E-state index in [0.717, 1.165) is 30.2 Å². The molecule has 1 aromatic heterocycles. The number of esters is 1. The first-order valence-corrected chi connectivity index (χ1v) is 12.9. The molecule has 10 heteroatoms. The molecule has 3 aromatic rings. The lowest BCUT2D eigenvalue weighted by Gasteiger charge is -2.22. The zero-order valence-electron chi connectivity index (χ0n) is 20.3. The monoisotopic (exact) mass is 575 g/mol. The number of hydrogen-bond acceptors (Lipinski definition) is 7. The van der Waals surface area contributed by atoms with Gasteiger partial charge in [0.05, 0.1) is 36.4 Å². The second-order valence-electron chi connectivity index (χ2n) is 8.65. The number of hydrogen-bond donors (Lipinski definition) is 0. The molecule has 0 spiro atoms. The minimum Gasteiger partial charge on any atom is -0.493 e. The molecule has 0 unspecified atom stereocenters. The van der Waals surface area contributed by atoms with E-state index in [9.17, 15) is 9.59 Å². The van der Waals surface area contributed by atoms with Crippen molar-refractivity contribution in [2.45, 2.75) is 51.0 Å². The van der Waals surface area contributed by atoms with Gasteiger partial charge in [0.25, 0.3) is 5.56 Å². The summed E-state index contributed by atoms with van der Waals surface area (Å²) >= 11 is 9.90. The fourth-order valence-corrected chi connectivity index (χ4v) is 4.97. The number of halogens is 2. The average Bonchev–Trinajstić information content (AvgIpc) is 2.89. The van der Waals surface area contributed by atoms with Crippen LogP contribution < -0.4 is 15.0 Å². The Kier molecular flexibility index (Phi) is 8.31. The van der Waals surface area contributed by atoms with Crippen LogP contribution in [0.25, 0.3) is 10.9 Å². The molecule has 4 rings (SSSR count). The molecular formula is C26H27BrClN3O5. The number of aromatic nitrogens is 2. The van der Waals surface area contributed by atoms with Gasteiger partial charge in [0.2, 0.25) is 0 Å². The Hall–Kier alpha value is -2.91. The molecular weight excluding hydrogens is 550 g/mol. The maximum Gasteiger partial charge on any atom is 0.346 e. The molecule has 0 aliphatic heterocycles. The van der Waals surface area contributed by atoms with Crippen molar-refractivity contribution in [2.75, 3.05) is 14.2 Å². The highest BCUT2D eigenvalue weighted by atomic mass is 79.9. The number of rotatable bonds is 7. The van der Waals surface area contributed by atoms with E-state index < -0.39 is 12.1 Å². The third-order valence-corrected chi connectivity index (χ3v) is 6.98. The van der Waals surface area contributed by atoms with Crippen LogP contribution in [0.2, 0.25) is 5.02 Å². The fourth-order valence-electron chi connectivity index (χ4n) is 4.35. The SMILES string of the molecule is COC(=O)[C@@H](C)Oc1c(Cl)cc(C=Nn2c(C3CCCCC3)nc3ccc(Br)cc3c2=O)cc1OC. The molecule has 1 aliphatic rings. The molecule has 0 bridgehead atoms. The zero-order valence-corrected chi connectivity index (χ0v) is 22.6. The van der Waals surface area contributed by atoms with Crippen LogP contribution in [0.3, 0.4) is 0 Å². The summed E-state index contributed by atoms with van der Waals surface area (Å²) in [5.74, 6) is 0.816. The smallest absolute Gasteiger partial charge is 0.346 e. The molecule has 36 heavy (non-hydrogen) atoms. The van der Waals surface area contributed by atoms with E-state index in [4.69, 9.17) is 30.8 Å². The van der Waals surface area contributed by atoms with Crippen molar-refractivity contribution in [2.24, 2.45) is 5.10 Å². The quantitative estimate of drug-likeness (QED) is 0.265. The number of carbonyl (C=O) groups excluding carboxylic acids is 1. The highest BCUT2D eigenvalue weighted by Gasteiger charge is 2.23. The molecule has 1 saturated carbocycles. The topological polar surface area (TPSA) is 92.0 Å². The summed E-state index contributed by atoms with van der Waals surface area (Å²) in [7, 11) is 2.75. The van der Waals surface area contributed by atoms with E-state index in [1.807, 2.05) is 12.1 Å². The van der Waals surface area contributed by atoms with E-state index in [0.29, 0.717) is 28.0 Å². The summed E-state index contributed by atoms with van der Waals surface area (Å²) in [5.41, 5.74) is 1.01. The largest absolute Gasteiger partial charge is 0.493 e. The van der Waals surface area contributed by atoms with Crippen molar-refractivity contribution in [3.05, 3.63) is 61.6 Å². The summed E-state index contributed by atoms with van der Waals surface area (Å²) < 4.78 is 18.0. The van der Waals surface area contributed by atoms with Crippen molar-refractivity contribution in [1.29, 1.82) is 0 Å². The zero-order chi connectivity index (χ0) is 25.8. The summed E-state index contributed by atoms with van der Waals surface area (Å²) in [6.07, 6.45) is 5.98. The first kappa shape index (κ1) is 26.2. The maximum atomic E-state index is 13.5. The van der Waals surface area contributed by atoms with Gasteiger partial charge in [0.1, 0.15) is 5.82 Å². The third kappa shape index (κ3) is 5.57. The average molecular weight is 577 g/mol. The first-order chi connectivity index (χ1) is 17.3. The van der Waals surface area contributed by atoms with Crippen molar-refractivity contribution >= 4 is 50.6 Å². The molecule has 0 N–H and O–H groups in total. The van der Waals surface area contributed by atoms with Crippen LogP contribution in [0.15, 0.2) is 44.7 Å². The number of carbonyl (C=O) groups is 1. The van der Waals surface area contributed by atoms with Gasteiger partial charge in [-0.15, -0.1) is 0 Å². The molecule has 0 radical (unpaired) electrons. The molecule has 1 aliphatic carbocycles. The fraction of sp³-hybridized carbons (Fsp3) is 0.385. The number of methoxy groups -OCH3 is 2. The minimum atomic E-state index is -0.874. The Morgan fingerprint density at radius 2 is 1.97 bits per heavy atom. The summed E-state index contributed by atoms with van der Waals surface area (Å²) in [6.45, 7) is 1.56. The predicted octanol–water partition coefficient (Wildman–Crippen LogP) is 5.69. The first-order valence-electron chi connectivity index (χ1n) is 11.7. The molecule has 2 aromatic carbocycles. The van der Waals surface area contributed by atoms with E-state index in [1.165, 1.54) is 25.3 Å². The number of benzene rings is 2. The lowest BCUT2D eigenvalue weighted by molar-refractivity contribution is -0.147. The molecule has 8 nitrogen and oxygen atoms in total. The van der Waals surface area contributed by atoms with Gasteiger partial charge in [-0.3, -0.25) is 4.79 Å². The predicted molar refractivity (Wildman–Crippen MR) is 143 cm³/mol.